The molecule has 0 heteroatoms. The van der Waals surface area contributed by atoms with Gasteiger partial charge in [-0.2, -0.15) is 0 Å². The highest BCUT2D eigenvalue weighted by Gasteiger charge is 2.24. The molecule has 0 saturated carbocycles. The maximum Gasteiger partial charge on any atom is 0.00773 e. The first-order chi connectivity index (χ1) is 6.21. The van der Waals surface area contributed by atoms with Crippen molar-refractivity contribution in [3.8, 4) is 0 Å². The third-order valence-electron chi connectivity index (χ3n) is 2.74. The minimum absolute atomic E-state index is 0.241. The first-order valence-corrected chi connectivity index (χ1v) is 5.36. The third kappa shape index (κ3) is 2.62. The van der Waals surface area contributed by atoms with Crippen LogP contribution in [0.4, 0.5) is 0 Å². The number of rotatable bonds is 0. The van der Waals surface area contributed by atoms with Crippen molar-refractivity contribution in [3.05, 3.63) is 29.5 Å². The lowest BCUT2D eigenvalue weighted by Crippen LogP contribution is -2.20. The maximum atomic E-state index is 3.28. The second-order valence-electron chi connectivity index (χ2n) is 6.24. The molecular formula is C14H22. The van der Waals surface area contributed by atoms with Gasteiger partial charge >= 0.3 is 0 Å². The standard InChI is InChI=1S/C14H22/c1-13(2,3)11-8-7-9-12(10-11)14(4,5)6/h8-11H,1-6H3. The van der Waals surface area contributed by atoms with Crippen LogP contribution in [0.25, 0.3) is 0 Å². The van der Waals surface area contributed by atoms with E-state index in [1.165, 1.54) is 5.57 Å². The maximum absolute atomic E-state index is 3.28. The van der Waals surface area contributed by atoms with E-state index in [1.54, 1.807) is 0 Å². The minimum Gasteiger partial charge on any atom is -0.124 e. The molecule has 0 saturated heterocycles. The van der Waals surface area contributed by atoms with Crippen LogP contribution in [0.5, 0.6) is 0 Å². The van der Waals surface area contributed by atoms with Gasteiger partial charge in [-0.05, 0) is 28.6 Å². The van der Waals surface area contributed by atoms with Crippen LogP contribution in [-0.2, 0) is 0 Å². The summed E-state index contributed by atoms with van der Waals surface area (Å²) >= 11 is 0. The van der Waals surface area contributed by atoms with Crippen LogP contribution in [0, 0.1) is 16.7 Å². The number of allylic oxidation sites excluding steroid dienone is 3. The highest BCUT2D eigenvalue weighted by Crippen LogP contribution is 2.35. The highest BCUT2D eigenvalue weighted by molar-refractivity contribution is 5.30. The first kappa shape index (κ1) is 11.3. The van der Waals surface area contributed by atoms with Gasteiger partial charge in [0, 0.05) is 5.92 Å². The predicted molar refractivity (Wildman–Crippen MR) is 63.1 cm³/mol. The van der Waals surface area contributed by atoms with Gasteiger partial charge < -0.3 is 0 Å². The summed E-state index contributed by atoms with van der Waals surface area (Å²) in [4.78, 5) is 0. The van der Waals surface area contributed by atoms with E-state index in [0.717, 1.165) is 0 Å². The molecule has 0 aromatic carbocycles. The molecule has 1 unspecified atom stereocenters. The smallest absolute Gasteiger partial charge is 0.00773 e. The third-order valence-corrected chi connectivity index (χ3v) is 2.74. The van der Waals surface area contributed by atoms with Crippen LogP contribution in [-0.4, -0.2) is 0 Å². The molecule has 0 fully saturated rings. The fraction of sp³-hybridized carbons (Fsp3) is 0.643. The Morgan fingerprint density at radius 1 is 1.07 bits per heavy atom. The molecule has 0 aromatic heterocycles. The summed E-state index contributed by atoms with van der Waals surface area (Å²) in [7, 11) is 0. The Hall–Kier alpha value is -0.740. The lowest BCUT2D eigenvalue weighted by molar-refractivity contribution is 0.338. The molecule has 0 aromatic rings. The molecule has 0 amide bonds. The molecule has 14 heavy (non-hydrogen) atoms. The van der Waals surface area contributed by atoms with E-state index >= 15 is 0 Å². The van der Waals surface area contributed by atoms with Crippen LogP contribution in [0.2, 0.25) is 0 Å². The zero-order valence-corrected chi connectivity index (χ0v) is 10.3. The zero-order valence-electron chi connectivity index (χ0n) is 10.3. The number of hydrogen-bond acceptors (Lipinski definition) is 0. The molecule has 0 spiro atoms. The zero-order chi connectivity index (χ0) is 11.0. The summed E-state index contributed by atoms with van der Waals surface area (Å²) in [5.41, 5.74) is 5.23. The Labute approximate surface area is 88.4 Å². The Kier molecular flexibility index (Phi) is 2.78. The molecule has 1 atom stereocenters. The van der Waals surface area contributed by atoms with Gasteiger partial charge in [-0.1, -0.05) is 47.6 Å². The largest absolute Gasteiger partial charge is 0.124 e. The van der Waals surface area contributed by atoms with Crippen LogP contribution < -0.4 is 0 Å². The van der Waals surface area contributed by atoms with Crippen molar-refractivity contribution < 1.29 is 0 Å². The molecule has 0 heterocycles. The van der Waals surface area contributed by atoms with Crippen molar-refractivity contribution in [1.29, 1.82) is 0 Å². The van der Waals surface area contributed by atoms with Crippen molar-refractivity contribution in [2.24, 2.45) is 16.7 Å². The topological polar surface area (TPSA) is 0 Å². The first-order valence-electron chi connectivity index (χ1n) is 5.36. The van der Waals surface area contributed by atoms with E-state index in [4.69, 9.17) is 0 Å². The minimum atomic E-state index is 0.241. The summed E-state index contributed by atoms with van der Waals surface area (Å²) in [6.07, 6.45) is 6.67. The van der Waals surface area contributed by atoms with Gasteiger partial charge in [0.15, 0.2) is 0 Å². The van der Waals surface area contributed by atoms with Crippen LogP contribution >= 0.6 is 0 Å². The molecule has 78 valence electrons. The average molecular weight is 190 g/mol. The number of hydrogen-bond donors (Lipinski definition) is 0. The molecule has 0 aliphatic heterocycles. The van der Waals surface area contributed by atoms with Gasteiger partial charge in [0.25, 0.3) is 0 Å². The van der Waals surface area contributed by atoms with E-state index in [2.05, 4.69) is 65.5 Å². The molecule has 1 aliphatic carbocycles. The molecule has 0 bridgehead atoms. The lowest BCUT2D eigenvalue weighted by Gasteiger charge is -2.30. The van der Waals surface area contributed by atoms with Gasteiger partial charge in [-0.15, -0.1) is 5.73 Å². The summed E-state index contributed by atoms with van der Waals surface area (Å²) in [6, 6.07) is 0. The van der Waals surface area contributed by atoms with Crippen LogP contribution in [0.1, 0.15) is 41.5 Å². The van der Waals surface area contributed by atoms with Crippen molar-refractivity contribution in [3.63, 3.8) is 0 Å². The fourth-order valence-corrected chi connectivity index (χ4v) is 1.50. The lowest BCUT2D eigenvalue weighted by atomic mass is 9.75. The molecule has 0 radical (unpaired) electrons. The monoisotopic (exact) mass is 190 g/mol. The molecule has 1 rings (SSSR count). The quantitative estimate of drug-likeness (QED) is 0.498. The summed E-state index contributed by atoms with van der Waals surface area (Å²) in [6.45, 7) is 13.6. The van der Waals surface area contributed by atoms with E-state index < -0.39 is 0 Å². The van der Waals surface area contributed by atoms with E-state index in [0.29, 0.717) is 11.3 Å². The van der Waals surface area contributed by atoms with Gasteiger partial charge in [0.2, 0.25) is 0 Å². The Morgan fingerprint density at radius 2 is 1.64 bits per heavy atom. The predicted octanol–water partition coefficient (Wildman–Crippen LogP) is 4.35. The van der Waals surface area contributed by atoms with Gasteiger partial charge in [-0.3, -0.25) is 0 Å². The van der Waals surface area contributed by atoms with Crippen molar-refractivity contribution in [2.75, 3.05) is 0 Å². The Balaban J connectivity index is 3.00. The average Bonchev–Trinajstić information content (AvgIpc) is 2.01. The van der Waals surface area contributed by atoms with Gasteiger partial charge in [0.1, 0.15) is 0 Å². The molecule has 0 nitrogen and oxygen atoms in total. The summed E-state index contributed by atoms with van der Waals surface area (Å²) in [5.74, 6) is 0.515. The Morgan fingerprint density at radius 3 is 2.07 bits per heavy atom. The van der Waals surface area contributed by atoms with E-state index in [-0.39, 0.29) is 5.41 Å². The molecular weight excluding hydrogens is 168 g/mol. The molecule has 0 N–H and O–H groups in total. The van der Waals surface area contributed by atoms with Gasteiger partial charge in [-0.25, -0.2) is 0 Å². The second kappa shape index (κ2) is 3.44. The van der Waals surface area contributed by atoms with Crippen molar-refractivity contribution in [2.45, 2.75) is 41.5 Å². The Bertz CT molecular complexity index is 296. The van der Waals surface area contributed by atoms with Crippen molar-refractivity contribution in [1.82, 2.24) is 0 Å². The van der Waals surface area contributed by atoms with Crippen molar-refractivity contribution >= 4 is 0 Å². The SMILES string of the molecule is CC(C)(C)C1=CC(C(C)(C)C)C=C=C1. The highest BCUT2D eigenvalue weighted by atomic mass is 14.3. The van der Waals surface area contributed by atoms with E-state index in [1.807, 2.05) is 0 Å². The van der Waals surface area contributed by atoms with Gasteiger partial charge in [0.05, 0.1) is 0 Å². The summed E-state index contributed by atoms with van der Waals surface area (Å²) in [5, 5.41) is 0. The second-order valence-corrected chi connectivity index (χ2v) is 6.24. The summed E-state index contributed by atoms with van der Waals surface area (Å²) < 4.78 is 0. The van der Waals surface area contributed by atoms with E-state index in [9.17, 15) is 0 Å². The normalized spacial score (nSPS) is 22.4. The molecule has 1 aliphatic rings. The van der Waals surface area contributed by atoms with Crippen LogP contribution in [0.15, 0.2) is 29.5 Å². The fourth-order valence-electron chi connectivity index (χ4n) is 1.50. The van der Waals surface area contributed by atoms with Crippen LogP contribution in [0.3, 0.4) is 0 Å².